The van der Waals surface area contributed by atoms with E-state index in [0.29, 0.717) is 16.3 Å². The van der Waals surface area contributed by atoms with Crippen molar-refractivity contribution in [1.82, 2.24) is 10.2 Å². The summed E-state index contributed by atoms with van der Waals surface area (Å²) < 4.78 is 5.68. The molecule has 0 radical (unpaired) electrons. The van der Waals surface area contributed by atoms with Gasteiger partial charge in [0.2, 0.25) is 0 Å². The molecular formula is C12H5Cl3N2O. The first-order valence-corrected chi connectivity index (χ1v) is 6.15. The third kappa shape index (κ3) is 2.05. The van der Waals surface area contributed by atoms with Crippen LogP contribution >= 0.6 is 34.8 Å². The molecule has 0 spiro atoms. The SMILES string of the molecule is Clc1ccc2oc(-c3cc(Cl)nnc3Cl)cc2c1. The molecule has 6 heteroatoms. The molecule has 0 amide bonds. The summed E-state index contributed by atoms with van der Waals surface area (Å²) >= 11 is 17.7. The zero-order valence-corrected chi connectivity index (χ0v) is 11.1. The summed E-state index contributed by atoms with van der Waals surface area (Å²) in [5.74, 6) is 0.578. The molecule has 0 aliphatic heterocycles. The quantitative estimate of drug-likeness (QED) is 0.644. The van der Waals surface area contributed by atoms with Crippen LogP contribution in [0.3, 0.4) is 0 Å². The van der Waals surface area contributed by atoms with E-state index in [9.17, 15) is 0 Å². The highest BCUT2D eigenvalue weighted by Gasteiger charge is 2.12. The Balaban J connectivity index is 2.22. The van der Waals surface area contributed by atoms with E-state index in [1.165, 1.54) is 0 Å². The van der Waals surface area contributed by atoms with Crippen molar-refractivity contribution in [3.63, 3.8) is 0 Å². The summed E-state index contributed by atoms with van der Waals surface area (Å²) in [6, 6.07) is 8.81. The second kappa shape index (κ2) is 4.43. The van der Waals surface area contributed by atoms with Gasteiger partial charge in [-0.1, -0.05) is 34.8 Å². The van der Waals surface area contributed by atoms with Gasteiger partial charge in [0, 0.05) is 10.4 Å². The van der Waals surface area contributed by atoms with Gasteiger partial charge in [0.15, 0.2) is 10.3 Å². The Morgan fingerprint density at radius 1 is 0.944 bits per heavy atom. The lowest BCUT2D eigenvalue weighted by Crippen LogP contribution is -1.86. The van der Waals surface area contributed by atoms with E-state index in [-0.39, 0.29) is 10.3 Å². The van der Waals surface area contributed by atoms with Gasteiger partial charge in [0.25, 0.3) is 0 Å². The topological polar surface area (TPSA) is 38.9 Å². The molecule has 3 aromatic rings. The molecule has 2 heterocycles. The van der Waals surface area contributed by atoms with Crippen molar-refractivity contribution in [3.8, 4) is 11.3 Å². The van der Waals surface area contributed by atoms with Crippen molar-refractivity contribution >= 4 is 45.8 Å². The Morgan fingerprint density at radius 3 is 2.61 bits per heavy atom. The number of benzene rings is 1. The number of hydrogen-bond acceptors (Lipinski definition) is 3. The summed E-state index contributed by atoms with van der Waals surface area (Å²) in [5, 5.41) is 9.43. The molecule has 0 atom stereocenters. The number of furan rings is 1. The summed E-state index contributed by atoms with van der Waals surface area (Å²) in [6.07, 6.45) is 0. The van der Waals surface area contributed by atoms with Crippen molar-refractivity contribution < 1.29 is 4.42 Å². The molecule has 2 aromatic heterocycles. The van der Waals surface area contributed by atoms with Gasteiger partial charge >= 0.3 is 0 Å². The lowest BCUT2D eigenvalue weighted by molar-refractivity contribution is 0.631. The first-order valence-electron chi connectivity index (χ1n) is 5.02. The molecule has 0 saturated heterocycles. The maximum absolute atomic E-state index is 5.97. The summed E-state index contributed by atoms with van der Waals surface area (Å²) in [4.78, 5) is 0. The van der Waals surface area contributed by atoms with Crippen molar-refractivity contribution in [3.05, 3.63) is 45.7 Å². The number of halogens is 3. The monoisotopic (exact) mass is 298 g/mol. The fourth-order valence-corrected chi connectivity index (χ4v) is 2.19. The molecule has 0 unspecified atom stereocenters. The zero-order valence-electron chi connectivity index (χ0n) is 8.82. The van der Waals surface area contributed by atoms with Gasteiger partial charge in [0.05, 0.1) is 5.56 Å². The highest BCUT2D eigenvalue weighted by Crippen LogP contribution is 2.33. The lowest BCUT2D eigenvalue weighted by Gasteiger charge is -1.98. The van der Waals surface area contributed by atoms with E-state index in [1.54, 1.807) is 18.2 Å². The van der Waals surface area contributed by atoms with Gasteiger partial charge in [-0.3, -0.25) is 0 Å². The minimum Gasteiger partial charge on any atom is -0.456 e. The number of fused-ring (bicyclic) bond motifs is 1. The van der Waals surface area contributed by atoms with E-state index < -0.39 is 0 Å². The number of rotatable bonds is 1. The number of aromatic nitrogens is 2. The van der Waals surface area contributed by atoms with Gasteiger partial charge in [-0.05, 0) is 30.3 Å². The first-order chi connectivity index (χ1) is 8.63. The largest absolute Gasteiger partial charge is 0.456 e. The molecule has 0 aliphatic rings. The van der Waals surface area contributed by atoms with Gasteiger partial charge in [-0.2, -0.15) is 0 Å². The molecule has 18 heavy (non-hydrogen) atoms. The highest BCUT2D eigenvalue weighted by molar-refractivity contribution is 6.33. The van der Waals surface area contributed by atoms with Crippen LogP contribution in [0.15, 0.2) is 34.7 Å². The first kappa shape index (κ1) is 11.8. The summed E-state index contributed by atoms with van der Waals surface area (Å²) in [7, 11) is 0. The van der Waals surface area contributed by atoms with Gasteiger partial charge in [-0.25, -0.2) is 0 Å². The second-order valence-electron chi connectivity index (χ2n) is 3.66. The fraction of sp³-hybridized carbons (Fsp3) is 0. The van der Waals surface area contributed by atoms with Crippen molar-refractivity contribution in [2.45, 2.75) is 0 Å². The Morgan fingerprint density at radius 2 is 1.78 bits per heavy atom. The van der Waals surface area contributed by atoms with Gasteiger partial charge in [-0.15, -0.1) is 10.2 Å². The molecular weight excluding hydrogens is 295 g/mol. The third-order valence-corrected chi connectivity index (χ3v) is 3.16. The molecule has 1 aromatic carbocycles. The maximum Gasteiger partial charge on any atom is 0.162 e. The van der Waals surface area contributed by atoms with E-state index in [1.807, 2.05) is 12.1 Å². The average molecular weight is 300 g/mol. The normalized spacial score (nSPS) is 11.1. The highest BCUT2D eigenvalue weighted by atomic mass is 35.5. The number of nitrogens with zero attached hydrogens (tertiary/aromatic N) is 2. The average Bonchev–Trinajstić information content (AvgIpc) is 2.74. The Bertz CT molecular complexity index is 739. The van der Waals surface area contributed by atoms with Crippen LogP contribution in [0, 0.1) is 0 Å². The van der Waals surface area contributed by atoms with Crippen LogP contribution in [0.25, 0.3) is 22.3 Å². The Hall–Kier alpha value is -1.29. The van der Waals surface area contributed by atoms with E-state index in [0.717, 1.165) is 11.0 Å². The molecule has 0 bridgehead atoms. The van der Waals surface area contributed by atoms with Crippen LogP contribution in [0.1, 0.15) is 0 Å². The van der Waals surface area contributed by atoms with Crippen LogP contribution < -0.4 is 0 Å². The predicted octanol–water partition coefficient (Wildman–Crippen LogP) is 4.85. The van der Waals surface area contributed by atoms with Crippen molar-refractivity contribution in [2.75, 3.05) is 0 Å². The lowest BCUT2D eigenvalue weighted by atomic mass is 10.2. The molecule has 0 saturated carbocycles. The van der Waals surface area contributed by atoms with Gasteiger partial charge < -0.3 is 4.42 Å². The molecule has 90 valence electrons. The van der Waals surface area contributed by atoms with E-state index in [2.05, 4.69) is 10.2 Å². The fourth-order valence-electron chi connectivity index (χ4n) is 1.67. The molecule has 0 aliphatic carbocycles. The standard InChI is InChI=1S/C12H5Cl3N2O/c13-7-1-2-9-6(3-7)4-10(18-9)8-5-11(14)16-17-12(8)15/h1-5H. The van der Waals surface area contributed by atoms with Crippen LogP contribution in [0.2, 0.25) is 15.3 Å². The third-order valence-electron chi connectivity index (χ3n) is 2.46. The van der Waals surface area contributed by atoms with Crippen LogP contribution in [0.4, 0.5) is 0 Å². The molecule has 0 fully saturated rings. The van der Waals surface area contributed by atoms with E-state index >= 15 is 0 Å². The minimum absolute atomic E-state index is 0.240. The Kier molecular flexibility index (Phi) is 2.90. The van der Waals surface area contributed by atoms with Crippen molar-refractivity contribution in [1.29, 1.82) is 0 Å². The molecule has 3 nitrogen and oxygen atoms in total. The summed E-state index contributed by atoms with van der Waals surface area (Å²) in [5.41, 5.74) is 1.32. The molecule has 0 N–H and O–H groups in total. The smallest absolute Gasteiger partial charge is 0.162 e. The van der Waals surface area contributed by atoms with Crippen LogP contribution in [-0.2, 0) is 0 Å². The van der Waals surface area contributed by atoms with Crippen LogP contribution in [-0.4, -0.2) is 10.2 Å². The second-order valence-corrected chi connectivity index (χ2v) is 4.85. The van der Waals surface area contributed by atoms with Crippen LogP contribution in [0.5, 0.6) is 0 Å². The minimum atomic E-state index is 0.240. The maximum atomic E-state index is 5.97. The summed E-state index contributed by atoms with van der Waals surface area (Å²) in [6.45, 7) is 0. The van der Waals surface area contributed by atoms with Gasteiger partial charge in [0.1, 0.15) is 11.3 Å². The number of hydrogen-bond donors (Lipinski definition) is 0. The molecule has 3 rings (SSSR count). The van der Waals surface area contributed by atoms with E-state index in [4.69, 9.17) is 39.2 Å². The Labute approximate surface area is 117 Å². The zero-order chi connectivity index (χ0) is 12.7. The predicted molar refractivity (Wildman–Crippen MR) is 72.3 cm³/mol. The van der Waals surface area contributed by atoms with Crippen molar-refractivity contribution in [2.24, 2.45) is 0 Å².